The summed E-state index contributed by atoms with van der Waals surface area (Å²) in [6.45, 7) is 7.93. The van der Waals surface area contributed by atoms with Gasteiger partial charge in [-0.15, -0.1) is 11.3 Å². The first-order valence-electron chi connectivity index (χ1n) is 10.4. The number of nitrogens with zero attached hydrogens (tertiary/aromatic N) is 3. The van der Waals surface area contributed by atoms with Gasteiger partial charge in [0, 0.05) is 21.8 Å². The van der Waals surface area contributed by atoms with Crippen molar-refractivity contribution in [2.24, 2.45) is 0 Å². The van der Waals surface area contributed by atoms with Crippen molar-refractivity contribution in [1.82, 2.24) is 19.9 Å². The van der Waals surface area contributed by atoms with Crippen molar-refractivity contribution in [3.63, 3.8) is 0 Å². The second kappa shape index (κ2) is 8.61. The van der Waals surface area contributed by atoms with Crippen LogP contribution in [0.1, 0.15) is 41.8 Å². The predicted molar refractivity (Wildman–Crippen MR) is 134 cm³/mol. The lowest BCUT2D eigenvalue weighted by molar-refractivity contribution is 0.0923. The van der Waals surface area contributed by atoms with Crippen molar-refractivity contribution < 1.29 is 4.79 Å². The molecule has 9 heteroatoms. The van der Waals surface area contributed by atoms with Gasteiger partial charge in [0.1, 0.15) is 15.7 Å². The molecule has 2 heterocycles. The van der Waals surface area contributed by atoms with Crippen LogP contribution >= 0.6 is 22.9 Å². The van der Waals surface area contributed by atoms with Crippen LogP contribution in [0.4, 0.5) is 5.69 Å². The highest BCUT2D eigenvalue weighted by Gasteiger charge is 2.19. The quantitative estimate of drug-likeness (QED) is 0.413. The van der Waals surface area contributed by atoms with E-state index in [9.17, 15) is 9.59 Å². The van der Waals surface area contributed by atoms with Gasteiger partial charge in [0.05, 0.1) is 23.6 Å². The van der Waals surface area contributed by atoms with E-state index in [1.54, 1.807) is 35.8 Å². The zero-order chi connectivity index (χ0) is 23.9. The summed E-state index contributed by atoms with van der Waals surface area (Å²) in [6.07, 6.45) is 1.54. The summed E-state index contributed by atoms with van der Waals surface area (Å²) in [7, 11) is 0. The monoisotopic (exact) mass is 481 g/mol. The highest BCUT2D eigenvalue weighted by atomic mass is 35.5. The molecule has 4 aromatic rings. The number of halogens is 1. The molecule has 0 aliphatic heterocycles. The van der Waals surface area contributed by atoms with E-state index >= 15 is 0 Å². The van der Waals surface area contributed by atoms with Gasteiger partial charge in [-0.2, -0.15) is 0 Å². The number of hydrogen-bond acceptors (Lipinski definition) is 6. The smallest absolute Gasteiger partial charge is 0.263 e. The minimum absolute atomic E-state index is 0.171. The van der Waals surface area contributed by atoms with Gasteiger partial charge in [-0.05, 0) is 57.5 Å². The molecular weight excluding hydrogens is 458 g/mol. The molecule has 2 aromatic carbocycles. The van der Waals surface area contributed by atoms with Crippen molar-refractivity contribution in [2.75, 3.05) is 5.73 Å². The fourth-order valence-electron chi connectivity index (χ4n) is 3.45. The highest BCUT2D eigenvalue weighted by Crippen LogP contribution is 2.32. The third kappa shape index (κ3) is 4.91. The standard InChI is InChI=1S/C24H24ClN5O2S/c1-13-28-19-10-16(22-27-11-20(33-22)21(31)29-24(2,3)4)18(26)9-17(19)23(32)30(13)12-14-5-7-15(25)8-6-14/h5-11H,12,26H2,1-4H3,(H,29,31). The second-order valence-corrected chi connectivity index (χ2v) is 10.3. The maximum absolute atomic E-state index is 13.2. The summed E-state index contributed by atoms with van der Waals surface area (Å²) in [6, 6.07) is 10.7. The Hall–Kier alpha value is -3.23. The van der Waals surface area contributed by atoms with Crippen molar-refractivity contribution in [1.29, 1.82) is 0 Å². The number of rotatable bonds is 4. The molecular formula is C24H24ClN5O2S. The van der Waals surface area contributed by atoms with Crippen LogP contribution < -0.4 is 16.6 Å². The number of thiazole rings is 1. The van der Waals surface area contributed by atoms with Gasteiger partial charge in [-0.25, -0.2) is 9.97 Å². The van der Waals surface area contributed by atoms with E-state index in [0.29, 0.717) is 49.4 Å². The first-order chi connectivity index (χ1) is 15.5. The minimum atomic E-state index is -0.351. The largest absolute Gasteiger partial charge is 0.398 e. The van der Waals surface area contributed by atoms with E-state index in [1.165, 1.54) is 17.5 Å². The van der Waals surface area contributed by atoms with E-state index in [4.69, 9.17) is 17.3 Å². The van der Waals surface area contributed by atoms with Crippen molar-refractivity contribution in [2.45, 2.75) is 39.8 Å². The zero-order valence-corrected chi connectivity index (χ0v) is 20.3. The molecule has 0 saturated heterocycles. The van der Waals surface area contributed by atoms with Gasteiger partial charge in [0.2, 0.25) is 0 Å². The zero-order valence-electron chi connectivity index (χ0n) is 18.8. The van der Waals surface area contributed by atoms with Gasteiger partial charge < -0.3 is 11.1 Å². The summed E-state index contributed by atoms with van der Waals surface area (Å²) < 4.78 is 1.61. The Bertz CT molecular complexity index is 1420. The molecule has 0 fully saturated rings. The maximum atomic E-state index is 13.2. The second-order valence-electron chi connectivity index (χ2n) is 8.87. The number of amides is 1. The van der Waals surface area contributed by atoms with E-state index in [2.05, 4.69) is 15.3 Å². The lowest BCUT2D eigenvalue weighted by atomic mass is 10.1. The number of nitrogens with two attached hydrogens (primary N) is 1. The molecule has 0 radical (unpaired) electrons. The molecule has 0 aliphatic rings. The predicted octanol–water partition coefficient (Wildman–Crippen LogP) is 4.64. The van der Waals surface area contributed by atoms with E-state index < -0.39 is 0 Å². The number of aryl methyl sites for hydroxylation is 1. The van der Waals surface area contributed by atoms with Gasteiger partial charge in [-0.3, -0.25) is 14.2 Å². The number of hydrogen-bond donors (Lipinski definition) is 2. The summed E-state index contributed by atoms with van der Waals surface area (Å²) in [5.74, 6) is 0.396. The summed E-state index contributed by atoms with van der Waals surface area (Å²) in [5.41, 5.74) is 8.31. The van der Waals surface area contributed by atoms with E-state index in [-0.39, 0.29) is 17.0 Å². The van der Waals surface area contributed by atoms with Gasteiger partial charge >= 0.3 is 0 Å². The molecule has 0 bridgehead atoms. The average Bonchev–Trinajstić information content (AvgIpc) is 3.22. The Morgan fingerprint density at radius 1 is 1.21 bits per heavy atom. The van der Waals surface area contributed by atoms with Crippen LogP contribution in [-0.2, 0) is 6.54 Å². The molecule has 170 valence electrons. The molecule has 2 aromatic heterocycles. The lowest BCUT2D eigenvalue weighted by Gasteiger charge is -2.19. The number of carbonyl (C=O) groups excluding carboxylic acids is 1. The number of nitrogen functional groups attached to an aromatic ring is 1. The molecule has 7 nitrogen and oxygen atoms in total. The van der Waals surface area contributed by atoms with Crippen LogP contribution in [0.15, 0.2) is 47.4 Å². The van der Waals surface area contributed by atoms with Crippen LogP contribution in [0.2, 0.25) is 5.02 Å². The van der Waals surface area contributed by atoms with Gasteiger partial charge in [0.15, 0.2) is 0 Å². The molecule has 0 spiro atoms. The van der Waals surface area contributed by atoms with Crippen LogP contribution in [0, 0.1) is 6.92 Å². The Kier molecular flexibility index (Phi) is 5.99. The maximum Gasteiger partial charge on any atom is 0.263 e. The molecule has 0 aliphatic carbocycles. The normalized spacial score (nSPS) is 11.7. The van der Waals surface area contributed by atoms with Crippen molar-refractivity contribution in [3.05, 3.63) is 74.2 Å². The summed E-state index contributed by atoms with van der Waals surface area (Å²) in [5, 5.41) is 4.59. The van der Waals surface area contributed by atoms with Crippen LogP contribution in [0.25, 0.3) is 21.5 Å². The molecule has 1 amide bonds. The minimum Gasteiger partial charge on any atom is -0.398 e. The van der Waals surface area contributed by atoms with Crippen molar-refractivity contribution in [3.8, 4) is 10.6 Å². The Labute approximate surface area is 200 Å². The number of carbonyl (C=O) groups is 1. The Morgan fingerprint density at radius 3 is 2.58 bits per heavy atom. The Morgan fingerprint density at radius 2 is 1.91 bits per heavy atom. The van der Waals surface area contributed by atoms with Crippen LogP contribution in [0.3, 0.4) is 0 Å². The molecule has 4 rings (SSSR count). The fraction of sp³-hybridized carbons (Fsp3) is 0.250. The van der Waals surface area contributed by atoms with E-state index in [1.807, 2.05) is 32.9 Å². The Balaban J connectivity index is 1.72. The third-order valence-electron chi connectivity index (χ3n) is 5.02. The molecule has 0 atom stereocenters. The first-order valence-corrected chi connectivity index (χ1v) is 11.5. The summed E-state index contributed by atoms with van der Waals surface area (Å²) in [4.78, 5) is 35.2. The van der Waals surface area contributed by atoms with Gasteiger partial charge in [0.25, 0.3) is 11.5 Å². The molecule has 3 N–H and O–H groups in total. The van der Waals surface area contributed by atoms with Gasteiger partial charge in [-0.1, -0.05) is 23.7 Å². The molecule has 0 saturated carbocycles. The average molecular weight is 482 g/mol. The SMILES string of the molecule is Cc1nc2cc(-c3ncc(C(=O)NC(C)(C)C)s3)c(N)cc2c(=O)n1Cc1ccc(Cl)cc1. The number of aromatic nitrogens is 3. The number of benzene rings is 2. The number of anilines is 1. The number of fused-ring (bicyclic) bond motifs is 1. The first kappa shape index (κ1) is 22.9. The highest BCUT2D eigenvalue weighted by molar-refractivity contribution is 7.17. The molecule has 33 heavy (non-hydrogen) atoms. The summed E-state index contributed by atoms with van der Waals surface area (Å²) >= 11 is 7.21. The molecule has 0 unspecified atom stereocenters. The van der Waals surface area contributed by atoms with Crippen LogP contribution in [0.5, 0.6) is 0 Å². The number of nitrogens with one attached hydrogen (secondary N) is 1. The lowest BCUT2D eigenvalue weighted by Crippen LogP contribution is -2.40. The third-order valence-corrected chi connectivity index (χ3v) is 6.30. The van der Waals surface area contributed by atoms with E-state index in [0.717, 1.165) is 5.56 Å². The van der Waals surface area contributed by atoms with Crippen LogP contribution in [-0.4, -0.2) is 26.0 Å². The van der Waals surface area contributed by atoms with Crippen molar-refractivity contribution >= 4 is 45.4 Å². The fourth-order valence-corrected chi connectivity index (χ4v) is 4.42. The topological polar surface area (TPSA) is 103 Å².